The van der Waals surface area contributed by atoms with E-state index in [0.29, 0.717) is 6.61 Å². The van der Waals surface area contributed by atoms with E-state index in [1.165, 1.54) is 0 Å². The first kappa shape index (κ1) is 15.2. The molecule has 0 amide bonds. The smallest absolute Gasteiger partial charge is 0.466 e. The van der Waals surface area contributed by atoms with Gasteiger partial charge in [0.15, 0.2) is 0 Å². The number of esters is 1. The van der Waals surface area contributed by atoms with E-state index in [2.05, 4.69) is 15.8 Å². The zero-order valence-electron chi connectivity index (χ0n) is 9.51. The molecule has 0 aliphatic rings. The third-order valence-corrected chi connectivity index (χ3v) is 2.83. The molecule has 0 aliphatic heterocycles. The van der Waals surface area contributed by atoms with Gasteiger partial charge in [-0.25, -0.2) is 4.57 Å². The predicted molar refractivity (Wildman–Crippen MR) is 57.7 cm³/mol. The van der Waals surface area contributed by atoms with Crippen molar-refractivity contribution in [2.24, 2.45) is 0 Å². The fourth-order valence-corrected chi connectivity index (χ4v) is 1.83. The van der Waals surface area contributed by atoms with Crippen molar-refractivity contribution in [3.8, 4) is 0 Å². The maximum atomic E-state index is 11.7. The Bertz CT molecular complexity index is 265. The van der Waals surface area contributed by atoms with Crippen LogP contribution >= 0.6 is 7.82 Å². The normalized spacial score (nSPS) is 13.9. The maximum Gasteiger partial charge on any atom is 0.529 e. The second kappa shape index (κ2) is 8.33. The second-order valence-corrected chi connectivity index (χ2v) is 4.15. The Balaban J connectivity index is 3.98. The maximum absolute atomic E-state index is 11.7. The highest BCUT2D eigenvalue weighted by Crippen LogP contribution is 2.49. The van der Waals surface area contributed by atoms with Gasteiger partial charge < -0.3 is 9.26 Å². The van der Waals surface area contributed by atoms with Crippen LogP contribution in [0.25, 0.3) is 0 Å². The molecule has 0 aromatic carbocycles. The minimum Gasteiger partial charge on any atom is -0.466 e. The van der Waals surface area contributed by atoms with Crippen LogP contribution in [0.3, 0.4) is 0 Å². The van der Waals surface area contributed by atoms with Crippen molar-refractivity contribution in [2.45, 2.75) is 20.3 Å². The lowest BCUT2D eigenvalue weighted by molar-refractivity contribution is -0.143. The SMILES string of the molecule is C=COP(=O)(OCC)OCCC(=O)OCC. The number of ether oxygens (including phenoxy) is 1. The molecule has 0 aromatic heterocycles. The van der Waals surface area contributed by atoms with Crippen molar-refractivity contribution >= 4 is 13.8 Å². The molecule has 0 fully saturated rings. The lowest BCUT2D eigenvalue weighted by Crippen LogP contribution is -2.08. The zero-order chi connectivity index (χ0) is 12.4. The van der Waals surface area contributed by atoms with Crippen LogP contribution in [0.1, 0.15) is 20.3 Å². The van der Waals surface area contributed by atoms with Gasteiger partial charge in [-0.15, -0.1) is 0 Å². The third kappa shape index (κ3) is 6.61. The second-order valence-electron chi connectivity index (χ2n) is 2.53. The highest BCUT2D eigenvalue weighted by Gasteiger charge is 2.26. The summed E-state index contributed by atoms with van der Waals surface area (Å²) in [6.45, 7) is 6.97. The zero-order valence-corrected chi connectivity index (χ0v) is 10.4. The van der Waals surface area contributed by atoms with Crippen LogP contribution in [-0.2, 0) is 27.7 Å². The van der Waals surface area contributed by atoms with Crippen LogP contribution in [0.15, 0.2) is 12.8 Å². The number of carbonyl (C=O) groups is 1. The number of hydrogen-bond acceptors (Lipinski definition) is 6. The molecule has 0 radical (unpaired) electrons. The van der Waals surface area contributed by atoms with Gasteiger partial charge in [0.05, 0.1) is 32.5 Å². The van der Waals surface area contributed by atoms with E-state index in [4.69, 9.17) is 9.05 Å². The van der Waals surface area contributed by atoms with Gasteiger partial charge in [-0.2, -0.15) is 0 Å². The molecule has 94 valence electrons. The minimum atomic E-state index is -3.62. The largest absolute Gasteiger partial charge is 0.529 e. The molecule has 0 aromatic rings. The van der Waals surface area contributed by atoms with Gasteiger partial charge in [-0.1, -0.05) is 6.58 Å². The number of phosphoric acid groups is 1. The van der Waals surface area contributed by atoms with Crippen LogP contribution in [0.5, 0.6) is 0 Å². The molecule has 0 saturated carbocycles. The molecule has 0 heterocycles. The summed E-state index contributed by atoms with van der Waals surface area (Å²) in [5.74, 6) is -0.427. The lowest BCUT2D eigenvalue weighted by atomic mass is 10.5. The first-order valence-corrected chi connectivity index (χ1v) is 6.38. The molecule has 0 rings (SSSR count). The molecular weight excluding hydrogens is 235 g/mol. The molecule has 7 heteroatoms. The van der Waals surface area contributed by atoms with Crippen LogP contribution in [0.4, 0.5) is 0 Å². The van der Waals surface area contributed by atoms with E-state index in [1.54, 1.807) is 13.8 Å². The summed E-state index contributed by atoms with van der Waals surface area (Å²) in [6.07, 6.45) is 0.964. The summed E-state index contributed by atoms with van der Waals surface area (Å²) in [6, 6.07) is 0. The van der Waals surface area contributed by atoms with E-state index < -0.39 is 13.8 Å². The van der Waals surface area contributed by atoms with E-state index in [-0.39, 0.29) is 19.6 Å². The van der Waals surface area contributed by atoms with Crippen LogP contribution in [0.2, 0.25) is 0 Å². The van der Waals surface area contributed by atoms with Crippen molar-refractivity contribution in [3.05, 3.63) is 12.8 Å². The van der Waals surface area contributed by atoms with E-state index in [0.717, 1.165) is 6.26 Å². The minimum absolute atomic E-state index is 0.00852. The first-order chi connectivity index (χ1) is 7.58. The molecule has 1 unspecified atom stereocenters. The third-order valence-electron chi connectivity index (χ3n) is 1.35. The monoisotopic (exact) mass is 252 g/mol. The topological polar surface area (TPSA) is 71.1 Å². The average molecular weight is 252 g/mol. The molecule has 1 atom stereocenters. The van der Waals surface area contributed by atoms with Crippen LogP contribution < -0.4 is 0 Å². The molecule has 0 spiro atoms. The molecule has 6 nitrogen and oxygen atoms in total. The lowest BCUT2D eigenvalue weighted by Gasteiger charge is -2.14. The van der Waals surface area contributed by atoms with Gasteiger partial charge in [-0.05, 0) is 13.8 Å². The summed E-state index contributed by atoms with van der Waals surface area (Å²) < 4.78 is 30.6. The summed E-state index contributed by atoms with van der Waals surface area (Å²) in [5, 5.41) is 0. The Kier molecular flexibility index (Phi) is 7.89. The van der Waals surface area contributed by atoms with E-state index in [1.807, 2.05) is 0 Å². The standard InChI is InChI=1S/C9H17O6P/c1-4-12-9(10)7-8-15-16(11,13-5-2)14-6-3/h5H,2,4,6-8H2,1,3H3. The molecule has 0 saturated heterocycles. The summed E-state index contributed by atoms with van der Waals surface area (Å²) in [5.41, 5.74) is 0. The van der Waals surface area contributed by atoms with Crippen molar-refractivity contribution in [1.29, 1.82) is 0 Å². The Hall–Kier alpha value is -0.840. The fourth-order valence-electron chi connectivity index (χ4n) is 0.821. The molecule has 0 bridgehead atoms. The first-order valence-electron chi connectivity index (χ1n) is 4.92. The molecule has 16 heavy (non-hydrogen) atoms. The number of rotatable bonds is 9. The van der Waals surface area contributed by atoms with Gasteiger partial charge in [0.2, 0.25) is 0 Å². The van der Waals surface area contributed by atoms with Crippen molar-refractivity contribution in [3.63, 3.8) is 0 Å². The highest BCUT2D eigenvalue weighted by atomic mass is 31.2. The number of carbonyl (C=O) groups excluding carboxylic acids is 1. The average Bonchev–Trinajstić information content (AvgIpc) is 2.18. The molecule has 0 N–H and O–H groups in total. The summed E-state index contributed by atoms with van der Waals surface area (Å²) >= 11 is 0. The van der Waals surface area contributed by atoms with E-state index >= 15 is 0 Å². The Morgan fingerprint density at radius 2 is 2.00 bits per heavy atom. The Morgan fingerprint density at radius 3 is 2.50 bits per heavy atom. The van der Waals surface area contributed by atoms with Gasteiger partial charge in [-0.3, -0.25) is 13.8 Å². The van der Waals surface area contributed by atoms with Gasteiger partial charge >= 0.3 is 13.8 Å². The van der Waals surface area contributed by atoms with Crippen LogP contribution in [0, 0.1) is 0 Å². The van der Waals surface area contributed by atoms with Gasteiger partial charge in [0.1, 0.15) is 0 Å². The number of phosphoric ester groups is 1. The van der Waals surface area contributed by atoms with Crippen molar-refractivity contribution in [2.75, 3.05) is 19.8 Å². The van der Waals surface area contributed by atoms with E-state index in [9.17, 15) is 9.36 Å². The fraction of sp³-hybridized carbons (Fsp3) is 0.667. The van der Waals surface area contributed by atoms with Crippen molar-refractivity contribution in [1.82, 2.24) is 0 Å². The van der Waals surface area contributed by atoms with Gasteiger partial charge in [0.25, 0.3) is 0 Å². The summed E-state index contributed by atoms with van der Waals surface area (Å²) in [7, 11) is -3.62. The molecular formula is C9H17O6P. The van der Waals surface area contributed by atoms with Crippen LogP contribution in [-0.4, -0.2) is 25.8 Å². The quantitative estimate of drug-likeness (QED) is 0.356. The molecule has 0 aliphatic carbocycles. The predicted octanol–water partition coefficient (Wildman–Crippen LogP) is 2.26. The summed E-state index contributed by atoms with van der Waals surface area (Å²) in [4.78, 5) is 11.0. The van der Waals surface area contributed by atoms with Crippen molar-refractivity contribution < 1.29 is 27.7 Å². The Morgan fingerprint density at radius 1 is 1.31 bits per heavy atom. The Labute approximate surface area is 95.1 Å². The van der Waals surface area contributed by atoms with Gasteiger partial charge in [0, 0.05) is 0 Å². The number of hydrogen-bond donors (Lipinski definition) is 0. The highest BCUT2D eigenvalue weighted by molar-refractivity contribution is 7.48.